The third-order valence-electron chi connectivity index (χ3n) is 2.93. The molecule has 110 valence electrons. The molecule has 0 fully saturated rings. The van der Waals surface area contributed by atoms with E-state index in [2.05, 4.69) is 21.2 Å². The highest BCUT2D eigenvalue weighted by atomic mass is 79.9. The molecule has 21 heavy (non-hydrogen) atoms. The van der Waals surface area contributed by atoms with Crippen LogP contribution in [0.15, 0.2) is 46.9 Å². The van der Waals surface area contributed by atoms with Crippen LogP contribution in [0.25, 0.3) is 0 Å². The summed E-state index contributed by atoms with van der Waals surface area (Å²) < 4.78 is 0.667. The Labute approximate surface area is 141 Å². The molecule has 0 saturated carbocycles. The molecule has 2 aromatic carbocycles. The minimum atomic E-state index is -0.661. The first-order valence-corrected chi connectivity index (χ1v) is 7.78. The normalized spacial score (nSPS) is 12.0. The number of nitrogens with one attached hydrogen (secondary N) is 1. The predicted molar refractivity (Wildman–Crippen MR) is 90.9 cm³/mol. The van der Waals surface area contributed by atoms with Crippen molar-refractivity contribution < 1.29 is 4.79 Å². The molecular formula is C15H13BrCl2N2O. The van der Waals surface area contributed by atoms with E-state index in [-0.39, 0.29) is 10.9 Å². The van der Waals surface area contributed by atoms with Crippen molar-refractivity contribution >= 4 is 50.7 Å². The zero-order valence-electron chi connectivity index (χ0n) is 10.9. The largest absolute Gasteiger partial charge is 0.323 e. The van der Waals surface area contributed by atoms with E-state index < -0.39 is 6.04 Å². The molecule has 0 aliphatic carbocycles. The average molecular weight is 388 g/mol. The number of carbonyl (C=O) groups excluding carboxylic acids is 1. The molecular weight excluding hydrogens is 375 g/mol. The highest BCUT2D eigenvalue weighted by molar-refractivity contribution is 9.10. The summed E-state index contributed by atoms with van der Waals surface area (Å²) >= 11 is 15.4. The number of hydrogen-bond donors (Lipinski definition) is 2. The van der Waals surface area contributed by atoms with E-state index in [1.807, 2.05) is 30.3 Å². The second-order valence-corrected chi connectivity index (χ2v) is 6.12. The Hall–Kier alpha value is -1.07. The SMILES string of the molecule is NC(Cc1ccccc1)C(=O)Nc1ccc(Br)c(Cl)c1Cl. The second-order valence-electron chi connectivity index (χ2n) is 4.51. The van der Waals surface area contributed by atoms with Crippen LogP contribution in [0, 0.1) is 0 Å². The zero-order chi connectivity index (χ0) is 15.4. The van der Waals surface area contributed by atoms with Gasteiger partial charge in [-0.05, 0) is 40.0 Å². The highest BCUT2D eigenvalue weighted by Crippen LogP contribution is 2.35. The minimum Gasteiger partial charge on any atom is -0.323 e. The van der Waals surface area contributed by atoms with Crippen LogP contribution in [0.1, 0.15) is 5.56 Å². The fourth-order valence-electron chi connectivity index (χ4n) is 1.81. The molecule has 0 radical (unpaired) electrons. The van der Waals surface area contributed by atoms with Crippen molar-refractivity contribution in [3.63, 3.8) is 0 Å². The Balaban J connectivity index is 2.06. The van der Waals surface area contributed by atoms with Gasteiger partial charge in [-0.25, -0.2) is 0 Å². The number of nitrogens with two attached hydrogens (primary N) is 1. The van der Waals surface area contributed by atoms with Crippen LogP contribution in [0.5, 0.6) is 0 Å². The van der Waals surface area contributed by atoms with E-state index in [0.717, 1.165) is 5.56 Å². The van der Waals surface area contributed by atoms with Gasteiger partial charge in [0.25, 0.3) is 0 Å². The van der Waals surface area contributed by atoms with Gasteiger partial charge in [-0.15, -0.1) is 0 Å². The van der Waals surface area contributed by atoms with Crippen molar-refractivity contribution in [2.24, 2.45) is 5.73 Å². The maximum absolute atomic E-state index is 12.1. The maximum Gasteiger partial charge on any atom is 0.241 e. The lowest BCUT2D eigenvalue weighted by Crippen LogP contribution is -2.37. The quantitative estimate of drug-likeness (QED) is 0.770. The van der Waals surface area contributed by atoms with E-state index in [9.17, 15) is 4.79 Å². The predicted octanol–water partition coefficient (Wildman–Crippen LogP) is 4.26. The molecule has 0 spiro atoms. The number of benzene rings is 2. The monoisotopic (exact) mass is 386 g/mol. The summed E-state index contributed by atoms with van der Waals surface area (Å²) in [5, 5.41) is 3.33. The van der Waals surface area contributed by atoms with Crippen molar-refractivity contribution in [3.8, 4) is 0 Å². The van der Waals surface area contributed by atoms with Gasteiger partial charge >= 0.3 is 0 Å². The van der Waals surface area contributed by atoms with E-state index in [1.165, 1.54) is 0 Å². The van der Waals surface area contributed by atoms with Gasteiger partial charge in [-0.3, -0.25) is 4.79 Å². The second kappa shape index (κ2) is 7.27. The molecule has 0 aromatic heterocycles. The maximum atomic E-state index is 12.1. The van der Waals surface area contributed by atoms with E-state index in [0.29, 0.717) is 21.6 Å². The smallest absolute Gasteiger partial charge is 0.241 e. The van der Waals surface area contributed by atoms with Gasteiger partial charge in [-0.2, -0.15) is 0 Å². The number of anilines is 1. The summed E-state index contributed by atoms with van der Waals surface area (Å²) in [6.07, 6.45) is 0.453. The van der Waals surface area contributed by atoms with Gasteiger partial charge in [0, 0.05) is 4.47 Å². The molecule has 6 heteroatoms. The summed E-state index contributed by atoms with van der Waals surface area (Å²) in [6, 6.07) is 12.3. The van der Waals surface area contributed by atoms with Crippen molar-refractivity contribution in [1.29, 1.82) is 0 Å². The molecule has 2 aromatic rings. The lowest BCUT2D eigenvalue weighted by Gasteiger charge is -2.14. The van der Waals surface area contributed by atoms with Crippen molar-refractivity contribution in [1.82, 2.24) is 0 Å². The molecule has 0 aliphatic rings. The first-order valence-electron chi connectivity index (χ1n) is 6.23. The fraction of sp³-hybridized carbons (Fsp3) is 0.133. The van der Waals surface area contributed by atoms with Crippen molar-refractivity contribution in [2.45, 2.75) is 12.5 Å². The van der Waals surface area contributed by atoms with Crippen molar-refractivity contribution in [2.75, 3.05) is 5.32 Å². The summed E-state index contributed by atoms with van der Waals surface area (Å²) in [5.74, 6) is -0.306. The Kier molecular flexibility index (Phi) is 5.65. The highest BCUT2D eigenvalue weighted by Gasteiger charge is 2.17. The Morgan fingerprint density at radius 2 is 1.81 bits per heavy atom. The first kappa shape index (κ1) is 16.3. The lowest BCUT2D eigenvalue weighted by molar-refractivity contribution is -0.117. The number of halogens is 3. The molecule has 0 bridgehead atoms. The van der Waals surface area contributed by atoms with Gasteiger partial charge in [0.1, 0.15) is 0 Å². The summed E-state index contributed by atoms with van der Waals surface area (Å²) in [5.41, 5.74) is 7.36. The number of amides is 1. The van der Waals surface area contributed by atoms with Crippen LogP contribution in [0.3, 0.4) is 0 Å². The molecule has 3 nitrogen and oxygen atoms in total. The summed E-state index contributed by atoms with van der Waals surface area (Å²) in [4.78, 5) is 12.1. The van der Waals surface area contributed by atoms with Crippen molar-refractivity contribution in [3.05, 3.63) is 62.5 Å². The Morgan fingerprint density at radius 1 is 1.14 bits per heavy atom. The van der Waals surface area contributed by atoms with Crippen LogP contribution in [-0.4, -0.2) is 11.9 Å². The zero-order valence-corrected chi connectivity index (χ0v) is 14.0. The topological polar surface area (TPSA) is 55.1 Å². The van der Waals surface area contributed by atoms with Crippen LogP contribution in [0.2, 0.25) is 10.0 Å². The first-order chi connectivity index (χ1) is 9.99. The standard InChI is InChI=1S/C15H13BrCl2N2O/c16-10-6-7-12(14(18)13(10)17)20-15(21)11(19)8-9-4-2-1-3-5-9/h1-7,11H,8,19H2,(H,20,21). The molecule has 0 saturated heterocycles. The summed E-state index contributed by atoms with van der Waals surface area (Å²) in [6.45, 7) is 0. The molecule has 0 aliphatic heterocycles. The third-order valence-corrected chi connectivity index (χ3v) is 4.70. The van der Waals surface area contributed by atoms with Crippen LogP contribution >= 0.6 is 39.1 Å². The lowest BCUT2D eigenvalue weighted by atomic mass is 10.1. The van der Waals surface area contributed by atoms with Crippen LogP contribution in [-0.2, 0) is 11.2 Å². The van der Waals surface area contributed by atoms with E-state index >= 15 is 0 Å². The number of carbonyl (C=O) groups is 1. The molecule has 1 unspecified atom stereocenters. The minimum absolute atomic E-state index is 0.284. The average Bonchev–Trinajstić information content (AvgIpc) is 2.48. The Morgan fingerprint density at radius 3 is 2.48 bits per heavy atom. The van der Waals surface area contributed by atoms with Gasteiger partial charge in [-0.1, -0.05) is 53.5 Å². The van der Waals surface area contributed by atoms with Gasteiger partial charge in [0.2, 0.25) is 5.91 Å². The van der Waals surface area contributed by atoms with E-state index in [4.69, 9.17) is 28.9 Å². The third kappa shape index (κ3) is 4.20. The molecule has 0 heterocycles. The fourth-order valence-corrected chi connectivity index (χ4v) is 2.63. The number of hydrogen-bond acceptors (Lipinski definition) is 2. The summed E-state index contributed by atoms with van der Waals surface area (Å²) in [7, 11) is 0. The van der Waals surface area contributed by atoms with Gasteiger partial charge in [0.15, 0.2) is 0 Å². The number of rotatable bonds is 4. The molecule has 1 atom stereocenters. The molecule has 2 rings (SSSR count). The van der Waals surface area contributed by atoms with Gasteiger partial charge in [0.05, 0.1) is 21.8 Å². The van der Waals surface area contributed by atoms with Gasteiger partial charge < -0.3 is 11.1 Å². The van der Waals surface area contributed by atoms with Crippen LogP contribution in [0.4, 0.5) is 5.69 Å². The van der Waals surface area contributed by atoms with Crippen LogP contribution < -0.4 is 11.1 Å². The molecule has 1 amide bonds. The van der Waals surface area contributed by atoms with E-state index in [1.54, 1.807) is 12.1 Å². The Bertz CT molecular complexity index is 650. The molecule has 3 N–H and O–H groups in total.